The minimum Gasteiger partial charge on any atom is -0.507 e. The molecule has 0 unspecified atom stereocenters. The molecule has 2 heterocycles. The summed E-state index contributed by atoms with van der Waals surface area (Å²) in [6.45, 7) is 7.36. The number of ketones is 1. The summed E-state index contributed by atoms with van der Waals surface area (Å²) in [7, 11) is 1.58. The minimum absolute atomic E-state index is 0.0378. The Labute approximate surface area is 223 Å². The lowest BCUT2D eigenvalue weighted by Gasteiger charge is -2.46. The van der Waals surface area contributed by atoms with E-state index in [9.17, 15) is 20.1 Å². The Morgan fingerprint density at radius 2 is 1.68 bits per heavy atom. The van der Waals surface area contributed by atoms with Gasteiger partial charge in [0, 0.05) is 36.0 Å². The first-order chi connectivity index (χ1) is 17.3. The summed E-state index contributed by atoms with van der Waals surface area (Å²) in [5.41, 5.74) is 2.49. The van der Waals surface area contributed by atoms with Gasteiger partial charge in [-0.3, -0.25) is 4.79 Å². The maximum Gasteiger partial charge on any atom is 0.212 e. The van der Waals surface area contributed by atoms with Gasteiger partial charge < -0.3 is 29.5 Å². The van der Waals surface area contributed by atoms with Crippen molar-refractivity contribution in [2.24, 2.45) is 0 Å². The first-order valence-corrected chi connectivity index (χ1v) is 12.5. The number of carbonyl (C=O) groups is 1. The van der Waals surface area contributed by atoms with Crippen LogP contribution in [0, 0.1) is 6.92 Å². The molecule has 9 heteroatoms. The van der Waals surface area contributed by atoms with Crippen LogP contribution in [0.1, 0.15) is 76.2 Å². The Balaban J connectivity index is 1.66. The summed E-state index contributed by atoms with van der Waals surface area (Å²) in [6.07, 6.45) is -0.399. The molecular formula is C28H24Cl2O7. The van der Waals surface area contributed by atoms with Crippen LogP contribution < -0.4 is 9.47 Å². The molecule has 2 bridgehead atoms. The molecule has 2 atom stereocenters. The molecule has 3 N–H and O–H groups in total. The van der Waals surface area contributed by atoms with Gasteiger partial charge in [0.15, 0.2) is 5.75 Å². The molecular weight excluding hydrogens is 519 g/mol. The molecule has 6 rings (SSSR count). The number of aromatic hydroxyl groups is 3. The summed E-state index contributed by atoms with van der Waals surface area (Å²) in [4.78, 5) is 13.9. The van der Waals surface area contributed by atoms with E-state index < -0.39 is 39.6 Å². The topological polar surface area (TPSA) is 105 Å². The van der Waals surface area contributed by atoms with Crippen LogP contribution in [0.15, 0.2) is 18.2 Å². The van der Waals surface area contributed by atoms with Gasteiger partial charge in [0.05, 0.1) is 23.3 Å². The van der Waals surface area contributed by atoms with Crippen LogP contribution in [-0.4, -0.2) is 34.0 Å². The molecule has 37 heavy (non-hydrogen) atoms. The second-order valence-corrected chi connectivity index (χ2v) is 11.3. The van der Waals surface area contributed by atoms with Crippen molar-refractivity contribution >= 4 is 29.0 Å². The Morgan fingerprint density at radius 1 is 0.973 bits per heavy atom. The van der Waals surface area contributed by atoms with Crippen LogP contribution in [0.5, 0.6) is 28.7 Å². The van der Waals surface area contributed by atoms with Crippen LogP contribution in [0.4, 0.5) is 0 Å². The Morgan fingerprint density at radius 3 is 2.35 bits per heavy atom. The Hall–Kier alpha value is -3.13. The molecule has 0 saturated carbocycles. The van der Waals surface area contributed by atoms with Crippen molar-refractivity contribution in [2.75, 3.05) is 7.11 Å². The summed E-state index contributed by atoms with van der Waals surface area (Å²) in [5, 5.41) is 32.4. The molecule has 7 nitrogen and oxygen atoms in total. The predicted molar refractivity (Wildman–Crippen MR) is 137 cm³/mol. The molecule has 0 saturated heterocycles. The zero-order valence-electron chi connectivity index (χ0n) is 20.7. The molecule has 0 radical (unpaired) electrons. The molecule has 1 aliphatic carbocycles. The smallest absolute Gasteiger partial charge is 0.212 e. The SMILES string of the molecule is COc1cc(C)c2c(c1)O[C@]1(C)Cc3cc4c(c(O)c3[C@@H]2O1)C(=O)c1c(O)c(Cl)c(O)c(Cl)c1C4(C)C. The summed E-state index contributed by atoms with van der Waals surface area (Å²) in [5.74, 6) is -1.76. The van der Waals surface area contributed by atoms with Crippen LogP contribution in [0.3, 0.4) is 0 Å². The molecule has 3 aromatic rings. The van der Waals surface area contributed by atoms with E-state index in [4.69, 9.17) is 37.4 Å². The van der Waals surface area contributed by atoms with E-state index in [1.807, 2.05) is 39.8 Å². The zero-order valence-corrected chi connectivity index (χ0v) is 22.3. The maximum absolute atomic E-state index is 13.9. The van der Waals surface area contributed by atoms with Gasteiger partial charge in [-0.05, 0) is 35.2 Å². The zero-order chi connectivity index (χ0) is 26.8. The molecule has 0 amide bonds. The Bertz CT molecular complexity index is 1580. The number of fused-ring (bicyclic) bond motifs is 8. The highest BCUT2D eigenvalue weighted by Gasteiger charge is 2.50. The second-order valence-electron chi connectivity index (χ2n) is 10.5. The largest absolute Gasteiger partial charge is 0.507 e. The summed E-state index contributed by atoms with van der Waals surface area (Å²) < 4.78 is 18.1. The fourth-order valence-corrected chi connectivity index (χ4v) is 6.76. The highest BCUT2D eigenvalue weighted by atomic mass is 35.5. The number of ether oxygens (including phenoxy) is 3. The highest BCUT2D eigenvalue weighted by Crippen LogP contribution is 2.58. The molecule has 2 aliphatic heterocycles. The van der Waals surface area contributed by atoms with Crippen molar-refractivity contribution in [3.05, 3.63) is 72.8 Å². The number of halogens is 2. The molecule has 0 fully saturated rings. The lowest BCUT2D eigenvalue weighted by molar-refractivity contribution is -0.216. The van der Waals surface area contributed by atoms with E-state index in [0.717, 1.165) is 16.7 Å². The lowest BCUT2D eigenvalue weighted by Crippen LogP contribution is -2.47. The van der Waals surface area contributed by atoms with E-state index in [0.29, 0.717) is 29.0 Å². The summed E-state index contributed by atoms with van der Waals surface area (Å²) in [6, 6.07) is 5.51. The quantitative estimate of drug-likeness (QED) is 0.342. The maximum atomic E-state index is 13.9. The number of hydrogen-bond donors (Lipinski definition) is 3. The van der Waals surface area contributed by atoms with Crippen LogP contribution >= 0.6 is 23.2 Å². The fraction of sp³-hybridized carbons (Fsp3) is 0.321. The van der Waals surface area contributed by atoms with Gasteiger partial charge in [-0.1, -0.05) is 43.1 Å². The number of phenolic OH excluding ortho intramolecular Hbond substituents is 3. The number of methoxy groups -OCH3 is 1. The number of benzene rings is 3. The number of rotatable bonds is 1. The van der Waals surface area contributed by atoms with Gasteiger partial charge >= 0.3 is 0 Å². The van der Waals surface area contributed by atoms with Crippen molar-refractivity contribution < 1.29 is 34.3 Å². The third-order valence-electron chi connectivity index (χ3n) is 7.80. The first kappa shape index (κ1) is 24.2. The monoisotopic (exact) mass is 542 g/mol. The molecule has 3 aliphatic rings. The number of carbonyl (C=O) groups excluding carboxylic acids is 1. The average molecular weight is 543 g/mol. The van der Waals surface area contributed by atoms with E-state index in [1.54, 1.807) is 13.2 Å². The molecule has 0 aromatic heterocycles. The standard InChI is InChI=1S/C28H24Cl2O7/c1-10-6-12(35-5)8-14-15(10)26-16-11(9-28(4,36-14)37-26)7-13-17(22(16)31)23(32)18-19(27(13,2)3)20(29)25(34)21(30)24(18)33/h6-8,26,31,33-34H,9H2,1-5H3/t26-,28+/m1/s1. The fourth-order valence-electron chi connectivity index (χ4n) is 6.10. The van der Waals surface area contributed by atoms with Gasteiger partial charge in [-0.25, -0.2) is 0 Å². The summed E-state index contributed by atoms with van der Waals surface area (Å²) >= 11 is 12.6. The van der Waals surface area contributed by atoms with Crippen molar-refractivity contribution in [3.63, 3.8) is 0 Å². The van der Waals surface area contributed by atoms with Gasteiger partial charge in [0.1, 0.15) is 34.1 Å². The predicted octanol–water partition coefficient (Wildman–Crippen LogP) is 6.07. The number of hydrogen-bond acceptors (Lipinski definition) is 7. The third-order valence-corrected chi connectivity index (χ3v) is 8.52. The Kier molecular flexibility index (Phi) is 4.89. The van der Waals surface area contributed by atoms with Gasteiger partial charge in [0.25, 0.3) is 0 Å². The van der Waals surface area contributed by atoms with Crippen molar-refractivity contribution in [3.8, 4) is 28.7 Å². The molecule has 3 aromatic carbocycles. The van der Waals surface area contributed by atoms with E-state index in [1.165, 1.54) is 0 Å². The van der Waals surface area contributed by atoms with E-state index in [2.05, 4.69) is 0 Å². The van der Waals surface area contributed by atoms with E-state index in [-0.39, 0.29) is 27.5 Å². The van der Waals surface area contributed by atoms with Crippen LogP contribution in [0.2, 0.25) is 10.0 Å². The molecule has 192 valence electrons. The first-order valence-electron chi connectivity index (χ1n) is 11.7. The normalized spacial score (nSPS) is 22.4. The lowest BCUT2D eigenvalue weighted by atomic mass is 9.66. The highest BCUT2D eigenvalue weighted by molar-refractivity contribution is 6.40. The average Bonchev–Trinajstić information content (AvgIpc) is 2.82. The third kappa shape index (κ3) is 3.02. The second kappa shape index (κ2) is 7.47. The minimum atomic E-state index is -1.02. The number of phenols is 3. The van der Waals surface area contributed by atoms with Crippen molar-refractivity contribution in [1.82, 2.24) is 0 Å². The van der Waals surface area contributed by atoms with E-state index >= 15 is 0 Å². The van der Waals surface area contributed by atoms with Crippen LogP contribution in [-0.2, 0) is 16.6 Å². The van der Waals surface area contributed by atoms with Crippen molar-refractivity contribution in [2.45, 2.75) is 51.4 Å². The number of aryl methyl sites for hydroxylation is 1. The van der Waals surface area contributed by atoms with Gasteiger partial charge in [0.2, 0.25) is 11.6 Å². The van der Waals surface area contributed by atoms with Crippen LogP contribution in [0.25, 0.3) is 0 Å². The van der Waals surface area contributed by atoms with Crippen molar-refractivity contribution in [1.29, 1.82) is 0 Å². The van der Waals surface area contributed by atoms with Gasteiger partial charge in [-0.15, -0.1) is 0 Å². The molecule has 0 spiro atoms. The van der Waals surface area contributed by atoms with Gasteiger partial charge in [-0.2, -0.15) is 0 Å².